The third kappa shape index (κ3) is 3.69. The molecule has 1 fully saturated rings. The summed E-state index contributed by atoms with van der Waals surface area (Å²) in [5.41, 5.74) is 0. The molecule has 1 aliphatic rings. The SMILES string of the molecule is O=S1(=O)CCN(CCOc2nccc3ccc(Cl)cc23)CC1. The van der Waals surface area contributed by atoms with Gasteiger partial charge >= 0.3 is 0 Å². The second-order valence-corrected chi connectivity index (χ2v) is 8.06. The molecule has 1 saturated heterocycles. The Morgan fingerprint density at radius 3 is 2.77 bits per heavy atom. The molecule has 118 valence electrons. The van der Waals surface area contributed by atoms with Crippen LogP contribution in [-0.2, 0) is 9.84 Å². The van der Waals surface area contributed by atoms with Crippen molar-refractivity contribution in [2.45, 2.75) is 0 Å². The molecular formula is C15H17ClN2O3S. The molecule has 1 aliphatic heterocycles. The third-order valence-corrected chi connectivity index (χ3v) is 5.62. The first-order valence-corrected chi connectivity index (χ1v) is 9.33. The second-order valence-electron chi connectivity index (χ2n) is 5.32. The van der Waals surface area contributed by atoms with Gasteiger partial charge in [0, 0.05) is 36.2 Å². The van der Waals surface area contributed by atoms with Crippen molar-refractivity contribution in [3.63, 3.8) is 0 Å². The van der Waals surface area contributed by atoms with Crippen LogP contribution in [0.2, 0.25) is 5.02 Å². The number of nitrogens with zero attached hydrogens (tertiary/aromatic N) is 2. The van der Waals surface area contributed by atoms with Crippen LogP contribution in [0.4, 0.5) is 0 Å². The molecule has 5 nitrogen and oxygen atoms in total. The Balaban J connectivity index is 1.61. The van der Waals surface area contributed by atoms with Gasteiger partial charge in [-0.05, 0) is 23.6 Å². The average Bonchev–Trinajstić information content (AvgIpc) is 2.49. The Morgan fingerprint density at radius 1 is 1.23 bits per heavy atom. The summed E-state index contributed by atoms with van der Waals surface area (Å²) in [5, 5.41) is 2.56. The minimum Gasteiger partial charge on any atom is -0.476 e. The van der Waals surface area contributed by atoms with Gasteiger partial charge in [-0.3, -0.25) is 4.90 Å². The topological polar surface area (TPSA) is 59.5 Å². The maximum atomic E-state index is 11.4. The number of pyridine rings is 1. The minimum absolute atomic E-state index is 0.231. The summed E-state index contributed by atoms with van der Waals surface area (Å²) in [6.07, 6.45) is 1.71. The molecule has 2 heterocycles. The Morgan fingerprint density at radius 2 is 2.00 bits per heavy atom. The van der Waals surface area contributed by atoms with Gasteiger partial charge in [-0.15, -0.1) is 0 Å². The van der Waals surface area contributed by atoms with Crippen LogP contribution in [0.15, 0.2) is 30.5 Å². The molecule has 0 amide bonds. The lowest BCUT2D eigenvalue weighted by Gasteiger charge is -2.26. The zero-order valence-electron chi connectivity index (χ0n) is 12.0. The molecule has 1 aromatic heterocycles. The van der Waals surface area contributed by atoms with Crippen LogP contribution in [-0.4, -0.2) is 56.0 Å². The van der Waals surface area contributed by atoms with Gasteiger partial charge in [-0.25, -0.2) is 13.4 Å². The molecule has 0 radical (unpaired) electrons. The number of benzene rings is 1. The zero-order valence-corrected chi connectivity index (χ0v) is 13.6. The van der Waals surface area contributed by atoms with Crippen molar-refractivity contribution in [2.24, 2.45) is 0 Å². The van der Waals surface area contributed by atoms with Crippen molar-refractivity contribution >= 4 is 32.2 Å². The normalized spacial score (nSPS) is 18.4. The quantitative estimate of drug-likeness (QED) is 0.852. The van der Waals surface area contributed by atoms with Gasteiger partial charge in [0.25, 0.3) is 0 Å². The van der Waals surface area contributed by atoms with E-state index < -0.39 is 9.84 Å². The highest BCUT2D eigenvalue weighted by atomic mass is 35.5. The summed E-state index contributed by atoms with van der Waals surface area (Å²) >= 11 is 6.02. The molecule has 0 saturated carbocycles. The fourth-order valence-electron chi connectivity index (χ4n) is 2.47. The van der Waals surface area contributed by atoms with Crippen molar-refractivity contribution in [3.05, 3.63) is 35.5 Å². The van der Waals surface area contributed by atoms with Crippen LogP contribution in [0, 0.1) is 0 Å². The number of aromatic nitrogens is 1. The molecular weight excluding hydrogens is 324 g/mol. The first kappa shape index (κ1) is 15.5. The molecule has 0 unspecified atom stereocenters. The van der Waals surface area contributed by atoms with Gasteiger partial charge < -0.3 is 4.74 Å². The van der Waals surface area contributed by atoms with E-state index in [0.717, 1.165) is 10.8 Å². The number of sulfone groups is 1. The molecule has 0 bridgehead atoms. The summed E-state index contributed by atoms with van der Waals surface area (Å²) in [6.45, 7) is 2.30. The molecule has 0 aliphatic carbocycles. The number of hydrogen-bond donors (Lipinski definition) is 0. The standard InChI is InChI=1S/C15H17ClN2O3S/c16-13-2-1-12-3-4-17-15(14(12)11-13)21-8-5-18-6-9-22(19,20)10-7-18/h1-4,11H,5-10H2. The van der Waals surface area contributed by atoms with Crippen LogP contribution >= 0.6 is 11.6 Å². The predicted octanol–water partition coefficient (Wildman–Crippen LogP) is 2.00. The van der Waals surface area contributed by atoms with Crippen LogP contribution in [0.25, 0.3) is 10.8 Å². The van der Waals surface area contributed by atoms with Gasteiger partial charge in [-0.1, -0.05) is 17.7 Å². The maximum Gasteiger partial charge on any atom is 0.221 e. The van der Waals surface area contributed by atoms with E-state index in [9.17, 15) is 8.42 Å². The van der Waals surface area contributed by atoms with Crippen LogP contribution in [0.3, 0.4) is 0 Å². The van der Waals surface area contributed by atoms with E-state index in [1.54, 1.807) is 6.20 Å². The highest BCUT2D eigenvalue weighted by molar-refractivity contribution is 7.91. The minimum atomic E-state index is -2.84. The average molecular weight is 341 g/mol. The van der Waals surface area contributed by atoms with Gasteiger partial charge in [0.15, 0.2) is 9.84 Å². The van der Waals surface area contributed by atoms with Gasteiger partial charge in [-0.2, -0.15) is 0 Å². The number of fused-ring (bicyclic) bond motifs is 1. The zero-order chi connectivity index (χ0) is 15.6. The second kappa shape index (κ2) is 6.40. The van der Waals surface area contributed by atoms with E-state index in [4.69, 9.17) is 16.3 Å². The first-order valence-electron chi connectivity index (χ1n) is 7.13. The molecule has 0 N–H and O–H groups in total. The van der Waals surface area contributed by atoms with E-state index in [0.29, 0.717) is 37.1 Å². The summed E-state index contributed by atoms with van der Waals surface area (Å²) < 4.78 is 28.5. The predicted molar refractivity (Wildman–Crippen MR) is 87.3 cm³/mol. The molecule has 2 aromatic rings. The monoisotopic (exact) mass is 340 g/mol. The van der Waals surface area contributed by atoms with Crippen molar-refractivity contribution in [1.82, 2.24) is 9.88 Å². The fraction of sp³-hybridized carbons (Fsp3) is 0.400. The van der Waals surface area contributed by atoms with Crippen LogP contribution in [0.1, 0.15) is 0 Å². The van der Waals surface area contributed by atoms with E-state index in [1.165, 1.54) is 0 Å². The Kier molecular flexibility index (Phi) is 4.52. The highest BCUT2D eigenvalue weighted by Crippen LogP contribution is 2.26. The number of halogens is 1. The van der Waals surface area contributed by atoms with E-state index in [2.05, 4.69) is 9.88 Å². The Hall–Kier alpha value is -1.37. The molecule has 1 aromatic carbocycles. The number of hydrogen-bond acceptors (Lipinski definition) is 5. The summed E-state index contributed by atoms with van der Waals surface area (Å²) in [5.74, 6) is 1.02. The molecule has 0 spiro atoms. The third-order valence-electron chi connectivity index (χ3n) is 3.77. The smallest absolute Gasteiger partial charge is 0.221 e. The van der Waals surface area contributed by atoms with Gasteiger partial charge in [0.1, 0.15) is 6.61 Å². The van der Waals surface area contributed by atoms with Crippen molar-refractivity contribution < 1.29 is 13.2 Å². The lowest BCUT2D eigenvalue weighted by Crippen LogP contribution is -2.42. The summed E-state index contributed by atoms with van der Waals surface area (Å²) in [4.78, 5) is 6.35. The first-order chi connectivity index (χ1) is 10.5. The van der Waals surface area contributed by atoms with Gasteiger partial charge in [0.2, 0.25) is 5.88 Å². The Bertz CT molecular complexity index is 765. The molecule has 22 heavy (non-hydrogen) atoms. The van der Waals surface area contributed by atoms with E-state index in [-0.39, 0.29) is 11.5 Å². The number of rotatable bonds is 4. The fourth-order valence-corrected chi connectivity index (χ4v) is 3.92. The van der Waals surface area contributed by atoms with Crippen molar-refractivity contribution in [1.29, 1.82) is 0 Å². The number of ether oxygens (including phenoxy) is 1. The van der Waals surface area contributed by atoms with E-state index in [1.807, 2.05) is 24.3 Å². The highest BCUT2D eigenvalue weighted by Gasteiger charge is 2.21. The van der Waals surface area contributed by atoms with Crippen molar-refractivity contribution in [2.75, 3.05) is 37.7 Å². The summed E-state index contributed by atoms with van der Waals surface area (Å²) in [7, 11) is -2.84. The lowest BCUT2D eigenvalue weighted by atomic mass is 10.2. The molecule has 3 rings (SSSR count). The largest absolute Gasteiger partial charge is 0.476 e. The van der Waals surface area contributed by atoms with Crippen molar-refractivity contribution in [3.8, 4) is 5.88 Å². The molecule has 0 atom stereocenters. The van der Waals surface area contributed by atoms with E-state index >= 15 is 0 Å². The maximum absolute atomic E-state index is 11.4. The Labute approximate surface area is 134 Å². The lowest BCUT2D eigenvalue weighted by molar-refractivity contribution is 0.216. The summed E-state index contributed by atoms with van der Waals surface area (Å²) in [6, 6.07) is 7.52. The van der Waals surface area contributed by atoms with Gasteiger partial charge in [0.05, 0.1) is 11.5 Å². The van der Waals surface area contributed by atoms with Crippen LogP contribution in [0.5, 0.6) is 5.88 Å². The molecule has 7 heteroatoms. The van der Waals surface area contributed by atoms with Crippen LogP contribution < -0.4 is 4.74 Å².